The van der Waals surface area contributed by atoms with Gasteiger partial charge in [0.15, 0.2) is 0 Å². The average Bonchev–Trinajstić information content (AvgIpc) is 0.819. The van der Waals surface area contributed by atoms with Gasteiger partial charge in [-0.15, -0.1) is 0 Å². The first-order valence-corrected chi connectivity index (χ1v) is 42.9. The van der Waals surface area contributed by atoms with Crippen molar-refractivity contribution < 1.29 is 64.1 Å². The van der Waals surface area contributed by atoms with Crippen LogP contribution in [0.15, 0.2) is 94.8 Å². The number of benzene rings is 2. The van der Waals surface area contributed by atoms with E-state index in [4.69, 9.17) is 18.9 Å². The molecule has 0 bridgehead atoms. The van der Waals surface area contributed by atoms with E-state index in [0.717, 1.165) is 87.8 Å². The molecule has 0 radical (unpaired) electrons. The molecule has 0 amide bonds. The smallest absolute Gasteiger partial charge is 0.744 e. The molecule has 2 aromatic carbocycles. The zero-order valence-corrected chi connectivity index (χ0v) is 67.8. The number of hydrogen-bond acceptors (Lipinski definition) is 14. The van der Waals surface area contributed by atoms with Gasteiger partial charge < -0.3 is 28.1 Å². The first-order chi connectivity index (χ1) is 48.6. The van der Waals surface area contributed by atoms with Crippen molar-refractivity contribution in [2.75, 3.05) is 26.4 Å². The molecule has 0 saturated carbocycles. The third-order valence-corrected chi connectivity index (χ3v) is 19.7. The second-order valence-electron chi connectivity index (χ2n) is 27.2. The standard InChI is InChI=1S/2C42H70O7S.Ca/c2*1-3-5-7-9-11-13-15-17-19-21-23-25-27-29-31-35-48-41(43)39-34-33-38(50(45,46)47)37-40(39)42(44)49-36-32-30-28-26-24-22-20-18-16-14-12-10-8-6-4-2;/h2*27-30,33-34,37H,3-26,31-32,35-36H2,1-2H3,(H,45,46,47);/q;;+2/p-2/b2*29-27+,30-28+;. The van der Waals surface area contributed by atoms with Gasteiger partial charge >= 0.3 is 61.6 Å². The van der Waals surface area contributed by atoms with E-state index in [1.807, 2.05) is 24.3 Å². The molecule has 0 spiro atoms. The molecule has 101 heavy (non-hydrogen) atoms. The monoisotopic (exact) mass is 1470 g/mol. The van der Waals surface area contributed by atoms with Crippen molar-refractivity contribution in [3.8, 4) is 0 Å². The minimum absolute atomic E-state index is 0. The first-order valence-electron chi connectivity index (χ1n) is 40.1. The Morgan fingerprint density at radius 3 is 0.624 bits per heavy atom. The van der Waals surface area contributed by atoms with Gasteiger partial charge in [0.1, 0.15) is 20.2 Å². The summed E-state index contributed by atoms with van der Waals surface area (Å²) in [5.41, 5.74) is -0.827. The van der Waals surface area contributed by atoms with Crippen LogP contribution in [0.25, 0.3) is 0 Å². The molecule has 0 aliphatic carbocycles. The van der Waals surface area contributed by atoms with E-state index >= 15 is 0 Å². The van der Waals surface area contributed by atoms with Gasteiger partial charge in [-0.1, -0.05) is 333 Å². The molecule has 2 rings (SSSR count). The molecular weight excluding hydrogens is 1340 g/mol. The Balaban J connectivity index is 0.00000196. The van der Waals surface area contributed by atoms with Crippen LogP contribution in [0.3, 0.4) is 0 Å². The Morgan fingerprint density at radius 1 is 0.267 bits per heavy atom. The predicted octanol–water partition coefficient (Wildman–Crippen LogP) is 24.0. The van der Waals surface area contributed by atoms with Crippen LogP contribution in [0.4, 0.5) is 0 Å². The molecule has 0 atom stereocenters. The molecule has 14 nitrogen and oxygen atoms in total. The Labute approximate surface area is 645 Å². The minimum Gasteiger partial charge on any atom is -0.744 e. The van der Waals surface area contributed by atoms with Crippen molar-refractivity contribution in [1.82, 2.24) is 0 Å². The fraction of sp³-hybridized carbons (Fsp3) is 0.714. The van der Waals surface area contributed by atoms with Crippen LogP contribution in [0.1, 0.15) is 403 Å². The van der Waals surface area contributed by atoms with Gasteiger partial charge in [0.05, 0.1) is 58.5 Å². The molecule has 0 heterocycles. The van der Waals surface area contributed by atoms with Gasteiger partial charge in [-0.3, -0.25) is 0 Å². The fourth-order valence-electron chi connectivity index (χ4n) is 11.9. The number of hydrogen-bond donors (Lipinski definition) is 0. The molecule has 0 aliphatic rings. The third-order valence-electron chi connectivity index (χ3n) is 18.1. The maximum Gasteiger partial charge on any atom is 2.00 e. The van der Waals surface area contributed by atoms with Gasteiger partial charge in [-0.25, -0.2) is 36.0 Å². The molecule has 572 valence electrons. The number of ether oxygens (including phenoxy) is 4. The van der Waals surface area contributed by atoms with Crippen LogP contribution in [-0.2, 0) is 39.2 Å². The van der Waals surface area contributed by atoms with Crippen molar-refractivity contribution >= 4 is 81.9 Å². The molecule has 0 aromatic heterocycles. The normalized spacial score (nSPS) is 11.8. The number of rotatable bonds is 66. The summed E-state index contributed by atoms with van der Waals surface area (Å²) >= 11 is 0. The van der Waals surface area contributed by atoms with Crippen LogP contribution < -0.4 is 0 Å². The largest absolute Gasteiger partial charge is 2.00 e. The molecule has 0 unspecified atom stereocenters. The van der Waals surface area contributed by atoms with E-state index < -0.39 is 53.9 Å². The summed E-state index contributed by atoms with van der Waals surface area (Å²) in [6, 6.07) is 6.11. The topological polar surface area (TPSA) is 220 Å². The quantitative estimate of drug-likeness (QED) is 0.0150. The fourth-order valence-corrected chi connectivity index (χ4v) is 12.9. The second kappa shape index (κ2) is 69.4. The average molecular weight is 1480 g/mol. The SMILES string of the molecule is CCCCCCCCCCCCC/C=C/CCOC(=O)c1ccc(S(=O)(=O)[O-])cc1C(=O)OCC/C=C/CCCCCCCCCCCCC.CCCCCCCCCCCCC/C=C/CCOC(=O)c1ccc(S(=O)(=O)[O-])cc1C(=O)OCC/C=C/CCCCCCCCCCCCC.[Ca+2]. The molecule has 17 heteroatoms. The van der Waals surface area contributed by atoms with Crippen molar-refractivity contribution in [2.45, 2.75) is 371 Å². The number of carbonyl (C=O) groups is 4. The first kappa shape index (κ1) is 97.4. The zero-order chi connectivity index (χ0) is 73.1. The summed E-state index contributed by atoms with van der Waals surface area (Å²) in [5.74, 6) is -3.27. The maximum absolute atomic E-state index is 12.9. The van der Waals surface area contributed by atoms with Crippen LogP contribution in [0.5, 0.6) is 0 Å². The molecule has 0 fully saturated rings. The van der Waals surface area contributed by atoms with E-state index in [0.29, 0.717) is 25.7 Å². The van der Waals surface area contributed by atoms with Crippen LogP contribution in [0, 0.1) is 0 Å². The zero-order valence-electron chi connectivity index (χ0n) is 63.9. The summed E-state index contributed by atoms with van der Waals surface area (Å²) in [4.78, 5) is 50.1. The van der Waals surface area contributed by atoms with E-state index in [1.54, 1.807) is 0 Å². The van der Waals surface area contributed by atoms with E-state index in [-0.39, 0.29) is 86.4 Å². The van der Waals surface area contributed by atoms with Gasteiger partial charge in [0.2, 0.25) is 0 Å². The van der Waals surface area contributed by atoms with Crippen LogP contribution in [0.2, 0.25) is 0 Å². The van der Waals surface area contributed by atoms with Crippen molar-refractivity contribution in [3.05, 3.63) is 107 Å². The Morgan fingerprint density at radius 2 is 0.436 bits per heavy atom. The number of unbranched alkanes of at least 4 members (excludes halogenated alkanes) is 44. The Kier molecular flexibility index (Phi) is 66.9. The predicted molar refractivity (Wildman–Crippen MR) is 415 cm³/mol. The van der Waals surface area contributed by atoms with Gasteiger partial charge in [-0.2, -0.15) is 0 Å². The Hall–Kier alpha value is -3.64. The molecule has 2 aromatic rings. The van der Waals surface area contributed by atoms with Crippen LogP contribution >= 0.6 is 0 Å². The van der Waals surface area contributed by atoms with Crippen molar-refractivity contribution in [1.29, 1.82) is 0 Å². The van der Waals surface area contributed by atoms with E-state index in [2.05, 4.69) is 52.0 Å². The summed E-state index contributed by atoms with van der Waals surface area (Å²) < 4.78 is 91.0. The molecule has 0 N–H and O–H groups in total. The van der Waals surface area contributed by atoms with Crippen LogP contribution in [-0.4, -0.2) is 114 Å². The van der Waals surface area contributed by atoms with Gasteiger partial charge in [0.25, 0.3) is 0 Å². The van der Waals surface area contributed by atoms with E-state index in [9.17, 15) is 45.1 Å². The number of allylic oxidation sites excluding steroid dienone is 4. The van der Waals surface area contributed by atoms with Gasteiger partial charge in [-0.05, 0) is 113 Å². The number of esters is 4. The Bertz CT molecular complexity index is 2540. The maximum atomic E-state index is 12.9. The summed E-state index contributed by atoms with van der Waals surface area (Å²) in [5, 5.41) is 0. The number of carbonyl (C=O) groups excluding carboxylic acids is 4. The summed E-state index contributed by atoms with van der Waals surface area (Å²) in [6.45, 7) is 9.37. The van der Waals surface area contributed by atoms with Crippen molar-refractivity contribution in [2.24, 2.45) is 0 Å². The molecule has 0 saturated heterocycles. The minimum atomic E-state index is -4.83. The third kappa shape index (κ3) is 57.3. The summed E-state index contributed by atoms with van der Waals surface area (Å²) in [7, 11) is -9.66. The van der Waals surface area contributed by atoms with E-state index in [1.165, 1.54) is 257 Å². The molecule has 0 aliphatic heterocycles. The second-order valence-corrected chi connectivity index (χ2v) is 30.0. The van der Waals surface area contributed by atoms with Crippen molar-refractivity contribution in [3.63, 3.8) is 0 Å². The summed E-state index contributed by atoms with van der Waals surface area (Å²) in [6.07, 6.45) is 79.7. The molecular formula is C84H138CaO14S2. The van der Waals surface area contributed by atoms with Gasteiger partial charge in [0, 0.05) is 0 Å².